The van der Waals surface area contributed by atoms with Crippen molar-refractivity contribution in [2.24, 2.45) is 0 Å². The van der Waals surface area contributed by atoms with Crippen LogP contribution < -0.4 is 5.32 Å². The summed E-state index contributed by atoms with van der Waals surface area (Å²) >= 11 is 1.08. The Morgan fingerprint density at radius 1 is 1.41 bits per heavy atom. The van der Waals surface area contributed by atoms with E-state index in [1.165, 1.54) is 0 Å². The quantitative estimate of drug-likeness (QED) is 0.786. The van der Waals surface area contributed by atoms with Crippen molar-refractivity contribution in [1.29, 1.82) is 0 Å². The summed E-state index contributed by atoms with van der Waals surface area (Å²) in [5.74, 6) is -0.979. The highest BCUT2D eigenvalue weighted by Gasteiger charge is 2.03. The zero-order valence-electron chi connectivity index (χ0n) is 9.47. The lowest BCUT2D eigenvalue weighted by molar-refractivity contribution is -0.133. The van der Waals surface area contributed by atoms with Crippen molar-refractivity contribution < 1.29 is 14.7 Å². The Hall–Kier alpha value is -1.56. The lowest BCUT2D eigenvalue weighted by atomic mass is 10.2. The van der Waals surface area contributed by atoms with Gasteiger partial charge in [-0.3, -0.25) is 14.6 Å². The molecule has 1 aromatic heterocycles. The van der Waals surface area contributed by atoms with E-state index in [4.69, 9.17) is 5.11 Å². The average Bonchev–Trinajstić information content (AvgIpc) is 2.28. The van der Waals surface area contributed by atoms with Crippen molar-refractivity contribution in [2.45, 2.75) is 13.5 Å². The molecule has 6 heteroatoms. The Bertz CT molecular complexity index is 392. The molecule has 0 aliphatic carbocycles. The number of aryl methyl sites for hydroxylation is 1. The number of nitrogens with one attached hydrogen (secondary N) is 1. The number of nitrogens with zero attached hydrogens (tertiary/aromatic N) is 1. The topological polar surface area (TPSA) is 79.3 Å². The Kier molecular flexibility index (Phi) is 5.48. The maximum Gasteiger partial charge on any atom is 0.313 e. The summed E-state index contributed by atoms with van der Waals surface area (Å²) in [4.78, 5) is 25.7. The van der Waals surface area contributed by atoms with Gasteiger partial charge in [-0.1, -0.05) is 6.07 Å². The van der Waals surface area contributed by atoms with Crippen LogP contribution in [0, 0.1) is 6.92 Å². The van der Waals surface area contributed by atoms with Gasteiger partial charge >= 0.3 is 5.97 Å². The second kappa shape index (κ2) is 6.90. The van der Waals surface area contributed by atoms with E-state index in [-0.39, 0.29) is 17.4 Å². The molecule has 2 N–H and O–H groups in total. The number of carboxylic acid groups (broad SMARTS) is 1. The minimum absolute atomic E-state index is 0.0560. The Morgan fingerprint density at radius 3 is 2.76 bits per heavy atom. The molecule has 92 valence electrons. The fourth-order valence-electron chi connectivity index (χ4n) is 1.09. The van der Waals surface area contributed by atoms with Crippen molar-refractivity contribution in [1.82, 2.24) is 10.3 Å². The third-order valence-corrected chi connectivity index (χ3v) is 2.84. The van der Waals surface area contributed by atoms with Crippen molar-refractivity contribution in [3.05, 3.63) is 29.6 Å². The molecule has 0 aliphatic heterocycles. The number of amides is 1. The van der Waals surface area contributed by atoms with Gasteiger partial charge in [-0.2, -0.15) is 0 Å². The zero-order valence-corrected chi connectivity index (χ0v) is 10.3. The minimum Gasteiger partial charge on any atom is -0.481 e. The summed E-state index contributed by atoms with van der Waals surface area (Å²) in [5, 5.41) is 11.1. The van der Waals surface area contributed by atoms with Crippen LogP contribution in [0.15, 0.2) is 18.3 Å². The number of pyridine rings is 1. The van der Waals surface area contributed by atoms with Gasteiger partial charge in [-0.15, -0.1) is 11.8 Å². The molecule has 0 unspecified atom stereocenters. The van der Waals surface area contributed by atoms with Crippen LogP contribution in [-0.4, -0.2) is 33.5 Å². The van der Waals surface area contributed by atoms with Crippen LogP contribution >= 0.6 is 11.8 Å². The number of aromatic nitrogens is 1. The first kappa shape index (κ1) is 13.5. The molecule has 0 saturated carbocycles. The van der Waals surface area contributed by atoms with Crippen LogP contribution in [0.25, 0.3) is 0 Å². The number of carboxylic acids is 1. The zero-order chi connectivity index (χ0) is 12.7. The number of hydrogen-bond donors (Lipinski definition) is 2. The lowest BCUT2D eigenvalue weighted by Gasteiger charge is -2.04. The largest absolute Gasteiger partial charge is 0.481 e. The molecular formula is C11H14N2O3S. The molecule has 0 fully saturated rings. The molecule has 0 bridgehead atoms. The summed E-state index contributed by atoms with van der Waals surface area (Å²) in [5.41, 5.74) is 1.85. The average molecular weight is 254 g/mol. The molecule has 0 atom stereocenters. The number of thioether (sulfide) groups is 1. The summed E-state index contributed by atoms with van der Waals surface area (Å²) < 4.78 is 0. The van der Waals surface area contributed by atoms with E-state index in [0.29, 0.717) is 6.54 Å². The van der Waals surface area contributed by atoms with E-state index >= 15 is 0 Å². The normalized spacial score (nSPS) is 9.94. The Labute approximate surface area is 104 Å². The second-order valence-corrected chi connectivity index (χ2v) is 4.46. The lowest BCUT2D eigenvalue weighted by Crippen LogP contribution is -2.25. The van der Waals surface area contributed by atoms with E-state index in [1.54, 1.807) is 6.20 Å². The van der Waals surface area contributed by atoms with E-state index in [2.05, 4.69) is 10.3 Å². The van der Waals surface area contributed by atoms with E-state index in [9.17, 15) is 9.59 Å². The van der Waals surface area contributed by atoms with Crippen LogP contribution in [0.2, 0.25) is 0 Å². The van der Waals surface area contributed by atoms with Gasteiger partial charge < -0.3 is 10.4 Å². The third kappa shape index (κ3) is 5.91. The molecule has 0 radical (unpaired) electrons. The molecule has 5 nitrogen and oxygen atoms in total. The van der Waals surface area contributed by atoms with Gasteiger partial charge in [-0.05, 0) is 18.6 Å². The molecule has 0 aromatic carbocycles. The van der Waals surface area contributed by atoms with Crippen molar-refractivity contribution >= 4 is 23.6 Å². The minimum atomic E-state index is -0.912. The maximum atomic E-state index is 11.3. The highest BCUT2D eigenvalue weighted by molar-refractivity contribution is 8.00. The molecule has 1 rings (SSSR count). The Balaban J connectivity index is 2.23. The molecular weight excluding hydrogens is 240 g/mol. The van der Waals surface area contributed by atoms with Crippen LogP contribution in [0.4, 0.5) is 0 Å². The monoisotopic (exact) mass is 254 g/mol. The molecule has 17 heavy (non-hydrogen) atoms. The number of rotatable bonds is 6. The highest BCUT2D eigenvalue weighted by atomic mass is 32.2. The van der Waals surface area contributed by atoms with Gasteiger partial charge in [0, 0.05) is 18.4 Å². The number of carbonyl (C=O) groups excluding carboxylic acids is 1. The van der Waals surface area contributed by atoms with Crippen LogP contribution in [0.1, 0.15) is 11.3 Å². The summed E-state index contributed by atoms with van der Waals surface area (Å²) in [6, 6.07) is 3.77. The number of hydrogen-bond acceptors (Lipinski definition) is 4. The van der Waals surface area contributed by atoms with Crippen LogP contribution in [0.3, 0.4) is 0 Å². The van der Waals surface area contributed by atoms with Crippen LogP contribution in [-0.2, 0) is 16.1 Å². The number of carbonyl (C=O) groups is 2. The highest BCUT2D eigenvalue weighted by Crippen LogP contribution is 2.01. The molecule has 1 aromatic rings. The fraction of sp³-hybridized carbons (Fsp3) is 0.364. The van der Waals surface area contributed by atoms with Gasteiger partial charge in [0.2, 0.25) is 5.91 Å². The third-order valence-electron chi connectivity index (χ3n) is 1.92. The van der Waals surface area contributed by atoms with Crippen molar-refractivity contribution in [3.8, 4) is 0 Å². The van der Waals surface area contributed by atoms with E-state index < -0.39 is 5.97 Å². The number of aliphatic carboxylic acids is 1. The molecule has 1 amide bonds. The van der Waals surface area contributed by atoms with Gasteiger partial charge in [0.15, 0.2) is 0 Å². The van der Waals surface area contributed by atoms with Gasteiger partial charge in [-0.25, -0.2) is 0 Å². The van der Waals surface area contributed by atoms with Crippen molar-refractivity contribution in [2.75, 3.05) is 11.5 Å². The SMILES string of the molecule is Cc1ccc(CNC(=O)CSCC(=O)O)cn1. The van der Waals surface area contributed by atoms with Crippen molar-refractivity contribution in [3.63, 3.8) is 0 Å². The molecule has 0 spiro atoms. The fourth-order valence-corrected chi connectivity index (χ4v) is 1.65. The van der Waals surface area contributed by atoms with Gasteiger partial charge in [0.05, 0.1) is 11.5 Å². The predicted octanol–water partition coefficient (Wildman–Crippen LogP) is 0.824. The second-order valence-electron chi connectivity index (χ2n) is 3.47. The van der Waals surface area contributed by atoms with Crippen LogP contribution in [0.5, 0.6) is 0 Å². The van der Waals surface area contributed by atoms with E-state index in [1.807, 2.05) is 19.1 Å². The predicted molar refractivity (Wildman–Crippen MR) is 65.8 cm³/mol. The summed E-state index contributed by atoms with van der Waals surface area (Å²) in [7, 11) is 0. The molecule has 0 saturated heterocycles. The van der Waals surface area contributed by atoms with Gasteiger partial charge in [0.25, 0.3) is 0 Å². The first-order chi connectivity index (χ1) is 8.08. The smallest absolute Gasteiger partial charge is 0.313 e. The molecule has 0 aliphatic rings. The first-order valence-corrected chi connectivity index (χ1v) is 6.21. The van der Waals surface area contributed by atoms with E-state index in [0.717, 1.165) is 23.0 Å². The maximum absolute atomic E-state index is 11.3. The Morgan fingerprint density at radius 2 is 2.18 bits per heavy atom. The summed E-state index contributed by atoms with van der Waals surface area (Å²) in [6.45, 7) is 2.31. The summed E-state index contributed by atoms with van der Waals surface area (Å²) in [6.07, 6.45) is 1.71. The van der Waals surface area contributed by atoms with Gasteiger partial charge in [0.1, 0.15) is 0 Å². The molecule has 1 heterocycles. The first-order valence-electron chi connectivity index (χ1n) is 5.05. The standard InChI is InChI=1S/C11H14N2O3S/c1-8-2-3-9(4-12-8)5-13-10(14)6-17-7-11(15)16/h2-4H,5-7H2,1H3,(H,13,14)(H,15,16).